The summed E-state index contributed by atoms with van der Waals surface area (Å²) in [6.45, 7) is 2.59. The third-order valence-corrected chi connectivity index (χ3v) is 4.10. The maximum Gasteiger partial charge on any atom is 0.227 e. The van der Waals surface area contributed by atoms with E-state index in [9.17, 15) is 4.79 Å². The van der Waals surface area contributed by atoms with E-state index in [0.717, 1.165) is 19.4 Å². The van der Waals surface area contributed by atoms with Gasteiger partial charge in [0.25, 0.3) is 0 Å². The molecule has 4 nitrogen and oxygen atoms in total. The number of nitrogens with one attached hydrogen (secondary N) is 1. The largest absolute Gasteiger partial charge is 0.381 e. The van der Waals surface area contributed by atoms with Gasteiger partial charge in [-0.1, -0.05) is 6.42 Å². The molecule has 2 rings (SSSR count). The van der Waals surface area contributed by atoms with E-state index in [-0.39, 0.29) is 23.7 Å². The minimum atomic E-state index is -0.359. The summed E-state index contributed by atoms with van der Waals surface area (Å²) in [5, 5.41) is 3.07. The topological polar surface area (TPSA) is 64.4 Å². The Morgan fingerprint density at radius 2 is 2.00 bits per heavy atom. The fourth-order valence-corrected chi connectivity index (χ4v) is 2.41. The van der Waals surface area contributed by atoms with E-state index in [2.05, 4.69) is 5.32 Å². The predicted molar refractivity (Wildman–Crippen MR) is 69.1 cm³/mol. The number of amides is 1. The van der Waals surface area contributed by atoms with E-state index in [1.807, 2.05) is 0 Å². The molecule has 1 aliphatic heterocycles. The van der Waals surface area contributed by atoms with Gasteiger partial charge in [0, 0.05) is 26.3 Å². The molecule has 0 atom stereocenters. The van der Waals surface area contributed by atoms with Gasteiger partial charge >= 0.3 is 0 Å². The van der Waals surface area contributed by atoms with Gasteiger partial charge in [0.2, 0.25) is 5.91 Å². The lowest BCUT2D eigenvalue weighted by atomic mass is 9.79. The molecule has 1 saturated heterocycles. The van der Waals surface area contributed by atoms with E-state index in [4.69, 9.17) is 10.5 Å². The highest BCUT2D eigenvalue weighted by atomic mass is 35.5. The van der Waals surface area contributed by atoms with Gasteiger partial charge in [-0.3, -0.25) is 4.79 Å². The van der Waals surface area contributed by atoms with E-state index < -0.39 is 0 Å². The molecule has 0 aromatic heterocycles. The second-order valence-electron chi connectivity index (χ2n) is 5.10. The lowest BCUT2D eigenvalue weighted by Crippen LogP contribution is -2.50. The molecule has 5 heteroatoms. The van der Waals surface area contributed by atoms with Crippen LogP contribution < -0.4 is 11.1 Å². The Kier molecular flexibility index (Phi) is 5.70. The molecule has 2 fully saturated rings. The Morgan fingerprint density at radius 1 is 1.35 bits per heavy atom. The average Bonchev–Trinajstić information content (AvgIpc) is 2.27. The van der Waals surface area contributed by atoms with Crippen LogP contribution in [0.15, 0.2) is 0 Å². The fraction of sp³-hybridized carbons (Fsp3) is 0.917. The number of carbonyl (C=O) groups is 1. The van der Waals surface area contributed by atoms with Gasteiger partial charge in [0.1, 0.15) is 0 Å². The van der Waals surface area contributed by atoms with Gasteiger partial charge in [-0.25, -0.2) is 0 Å². The Labute approximate surface area is 109 Å². The third kappa shape index (κ3) is 3.33. The number of halogens is 1. The van der Waals surface area contributed by atoms with E-state index in [0.29, 0.717) is 25.7 Å². The maximum absolute atomic E-state index is 12.1. The molecule has 1 heterocycles. The van der Waals surface area contributed by atoms with Gasteiger partial charge in [0.05, 0.1) is 5.41 Å². The summed E-state index contributed by atoms with van der Waals surface area (Å²) in [7, 11) is 0. The van der Waals surface area contributed by atoms with Crippen LogP contribution in [0.4, 0.5) is 0 Å². The fourth-order valence-electron chi connectivity index (χ4n) is 2.41. The zero-order chi connectivity index (χ0) is 11.4. The molecule has 1 saturated carbocycles. The molecule has 0 aromatic rings. The standard InChI is InChI=1S/C12H22N2O2.ClH/c13-9-12(4-6-16-7-5-12)11(15)14-8-10-2-1-3-10;/h10H,1-9,13H2,(H,14,15);1H. The Morgan fingerprint density at radius 3 is 2.47 bits per heavy atom. The molecule has 1 amide bonds. The van der Waals surface area contributed by atoms with Crippen molar-refractivity contribution in [1.82, 2.24) is 5.32 Å². The second-order valence-corrected chi connectivity index (χ2v) is 5.10. The molecule has 1 aliphatic carbocycles. The minimum Gasteiger partial charge on any atom is -0.381 e. The molecule has 2 aliphatic rings. The molecular weight excluding hydrogens is 240 g/mol. The van der Waals surface area contributed by atoms with Crippen molar-refractivity contribution in [2.24, 2.45) is 17.1 Å². The second kappa shape index (κ2) is 6.57. The van der Waals surface area contributed by atoms with Crippen molar-refractivity contribution in [3.8, 4) is 0 Å². The van der Waals surface area contributed by atoms with Crippen LogP contribution in [-0.4, -0.2) is 32.2 Å². The van der Waals surface area contributed by atoms with E-state index >= 15 is 0 Å². The van der Waals surface area contributed by atoms with Crippen LogP contribution in [-0.2, 0) is 9.53 Å². The average molecular weight is 263 g/mol. The van der Waals surface area contributed by atoms with Crippen LogP contribution in [0.25, 0.3) is 0 Å². The van der Waals surface area contributed by atoms with Crippen molar-refractivity contribution < 1.29 is 9.53 Å². The van der Waals surface area contributed by atoms with Crippen LogP contribution in [0.5, 0.6) is 0 Å². The highest BCUT2D eigenvalue weighted by molar-refractivity contribution is 5.85. The van der Waals surface area contributed by atoms with Gasteiger partial charge < -0.3 is 15.8 Å². The van der Waals surface area contributed by atoms with Crippen molar-refractivity contribution in [3.63, 3.8) is 0 Å². The van der Waals surface area contributed by atoms with Gasteiger partial charge in [0.15, 0.2) is 0 Å². The van der Waals surface area contributed by atoms with Crippen LogP contribution in [0.2, 0.25) is 0 Å². The third-order valence-electron chi connectivity index (χ3n) is 4.10. The lowest BCUT2D eigenvalue weighted by molar-refractivity contribution is -0.136. The minimum absolute atomic E-state index is 0. The summed E-state index contributed by atoms with van der Waals surface area (Å²) in [6, 6.07) is 0. The molecule has 0 aromatic carbocycles. The van der Waals surface area contributed by atoms with E-state index in [1.165, 1.54) is 19.3 Å². The summed E-state index contributed by atoms with van der Waals surface area (Å²) in [5.74, 6) is 0.851. The maximum atomic E-state index is 12.1. The predicted octanol–water partition coefficient (Wildman–Crippen LogP) is 1.08. The van der Waals surface area contributed by atoms with Crippen molar-refractivity contribution in [1.29, 1.82) is 0 Å². The van der Waals surface area contributed by atoms with Crippen LogP contribution >= 0.6 is 12.4 Å². The van der Waals surface area contributed by atoms with Crippen LogP contribution in [0.1, 0.15) is 32.1 Å². The summed E-state index contributed by atoms with van der Waals surface area (Å²) in [4.78, 5) is 12.1. The first kappa shape index (κ1) is 14.7. The SMILES string of the molecule is Cl.NCC1(C(=O)NCC2CCC2)CCOCC1. The number of rotatable bonds is 4. The smallest absolute Gasteiger partial charge is 0.227 e. The molecule has 0 unspecified atom stereocenters. The Balaban J connectivity index is 0.00000144. The summed E-state index contributed by atoms with van der Waals surface area (Å²) in [6.07, 6.45) is 5.37. The summed E-state index contributed by atoms with van der Waals surface area (Å²) in [5.41, 5.74) is 5.42. The first-order valence-corrected chi connectivity index (χ1v) is 6.33. The molecule has 0 radical (unpaired) electrons. The number of ether oxygens (including phenoxy) is 1. The Bertz CT molecular complexity index is 251. The normalized spacial score (nSPS) is 23.4. The van der Waals surface area contributed by atoms with Gasteiger partial charge in [-0.2, -0.15) is 0 Å². The van der Waals surface area contributed by atoms with Crippen LogP contribution in [0, 0.1) is 11.3 Å². The van der Waals surface area contributed by atoms with Crippen molar-refractivity contribution in [2.75, 3.05) is 26.3 Å². The number of nitrogens with two attached hydrogens (primary N) is 1. The molecule has 17 heavy (non-hydrogen) atoms. The van der Waals surface area contributed by atoms with Crippen molar-refractivity contribution in [3.05, 3.63) is 0 Å². The number of hydrogen-bond acceptors (Lipinski definition) is 3. The molecular formula is C12H23ClN2O2. The van der Waals surface area contributed by atoms with Crippen molar-refractivity contribution in [2.45, 2.75) is 32.1 Å². The molecule has 0 bridgehead atoms. The molecule has 3 N–H and O–H groups in total. The highest BCUT2D eigenvalue weighted by Gasteiger charge is 2.38. The molecule has 100 valence electrons. The zero-order valence-electron chi connectivity index (χ0n) is 10.2. The molecule has 0 spiro atoms. The first-order valence-electron chi connectivity index (χ1n) is 6.33. The number of hydrogen-bond donors (Lipinski definition) is 2. The van der Waals surface area contributed by atoms with E-state index in [1.54, 1.807) is 0 Å². The van der Waals surface area contributed by atoms with Gasteiger partial charge in [-0.15, -0.1) is 12.4 Å². The monoisotopic (exact) mass is 262 g/mol. The zero-order valence-corrected chi connectivity index (χ0v) is 11.1. The number of carbonyl (C=O) groups excluding carboxylic acids is 1. The first-order chi connectivity index (χ1) is 7.77. The summed E-state index contributed by atoms with van der Waals surface area (Å²) < 4.78 is 5.30. The highest BCUT2D eigenvalue weighted by Crippen LogP contribution is 2.30. The van der Waals surface area contributed by atoms with Crippen molar-refractivity contribution >= 4 is 18.3 Å². The van der Waals surface area contributed by atoms with Gasteiger partial charge in [-0.05, 0) is 31.6 Å². The Hall–Kier alpha value is -0.320. The van der Waals surface area contributed by atoms with Crippen LogP contribution in [0.3, 0.4) is 0 Å². The quantitative estimate of drug-likeness (QED) is 0.797. The summed E-state index contributed by atoms with van der Waals surface area (Å²) >= 11 is 0. The lowest BCUT2D eigenvalue weighted by Gasteiger charge is -2.35.